The molecule has 1 aromatic heterocycles. The Morgan fingerprint density at radius 3 is 2.19 bits per heavy atom. The molecule has 0 saturated carbocycles. The largest absolute Gasteiger partial charge is 0.384 e. The fourth-order valence-corrected chi connectivity index (χ4v) is 5.00. The molecule has 0 fully saturated rings. The van der Waals surface area contributed by atoms with E-state index < -0.39 is 6.10 Å². The molecule has 1 N–H and O–H groups in total. The van der Waals surface area contributed by atoms with E-state index in [-0.39, 0.29) is 0 Å². The molecule has 0 aliphatic heterocycles. The van der Waals surface area contributed by atoms with Gasteiger partial charge in [-0.15, -0.1) is 11.3 Å². The molecule has 136 valence electrons. The Morgan fingerprint density at radius 2 is 1.58 bits per heavy atom. The van der Waals surface area contributed by atoms with Crippen molar-refractivity contribution in [3.8, 4) is 10.4 Å². The number of hydrogen-bond acceptors (Lipinski definition) is 2. The average Bonchev–Trinajstić information content (AvgIpc) is 3.01. The molecule has 1 nitrogen and oxygen atoms in total. The zero-order valence-electron chi connectivity index (χ0n) is 15.3. The standard InChI is InChI=1S/C23H25ClOS/c1-3-8-19-20(9-4-2)26-23(17-10-6-5-7-11-17)21(19)22(25)16-12-14-18(24)15-13-16/h5-7,10-15,22,25H,3-4,8-9H2,1-2H3. The monoisotopic (exact) mass is 384 g/mol. The van der Waals surface area contributed by atoms with Gasteiger partial charge in [0.2, 0.25) is 0 Å². The van der Waals surface area contributed by atoms with Gasteiger partial charge in [-0.1, -0.05) is 80.8 Å². The van der Waals surface area contributed by atoms with Gasteiger partial charge in [0.05, 0.1) is 0 Å². The van der Waals surface area contributed by atoms with Crippen LogP contribution in [0.4, 0.5) is 0 Å². The second kappa shape index (κ2) is 8.85. The predicted octanol–water partition coefficient (Wildman–Crippen LogP) is 7.06. The van der Waals surface area contributed by atoms with E-state index in [9.17, 15) is 5.11 Å². The SMILES string of the molecule is CCCc1sc(-c2ccccc2)c(C(O)c2ccc(Cl)cc2)c1CCC. The lowest BCUT2D eigenvalue weighted by Gasteiger charge is -2.16. The van der Waals surface area contributed by atoms with Crippen LogP contribution in [0.2, 0.25) is 5.02 Å². The van der Waals surface area contributed by atoms with Crippen molar-refractivity contribution in [1.29, 1.82) is 0 Å². The van der Waals surface area contributed by atoms with Crippen LogP contribution in [0.15, 0.2) is 54.6 Å². The van der Waals surface area contributed by atoms with Crippen molar-refractivity contribution >= 4 is 22.9 Å². The number of aryl methyl sites for hydroxylation is 1. The van der Waals surface area contributed by atoms with Crippen molar-refractivity contribution < 1.29 is 5.11 Å². The molecule has 0 radical (unpaired) electrons. The van der Waals surface area contributed by atoms with E-state index in [2.05, 4.69) is 38.1 Å². The maximum Gasteiger partial charge on any atom is 0.106 e. The Bertz CT molecular complexity index is 837. The Balaban J connectivity index is 2.17. The van der Waals surface area contributed by atoms with Crippen molar-refractivity contribution in [3.63, 3.8) is 0 Å². The third kappa shape index (κ3) is 4.03. The van der Waals surface area contributed by atoms with E-state index in [0.29, 0.717) is 5.02 Å². The first kappa shape index (κ1) is 19.2. The van der Waals surface area contributed by atoms with Crippen LogP contribution >= 0.6 is 22.9 Å². The maximum absolute atomic E-state index is 11.3. The Hall–Kier alpha value is -1.61. The summed E-state index contributed by atoms with van der Waals surface area (Å²) in [7, 11) is 0. The van der Waals surface area contributed by atoms with Crippen LogP contribution in [-0.4, -0.2) is 5.11 Å². The molecule has 0 spiro atoms. The Morgan fingerprint density at radius 1 is 0.923 bits per heavy atom. The van der Waals surface area contributed by atoms with E-state index in [0.717, 1.165) is 36.8 Å². The summed E-state index contributed by atoms with van der Waals surface area (Å²) in [6.07, 6.45) is 3.61. The second-order valence-corrected chi connectivity index (χ2v) is 8.11. The molecule has 1 heterocycles. The number of rotatable bonds is 7. The minimum absolute atomic E-state index is 0.633. The lowest BCUT2D eigenvalue weighted by molar-refractivity contribution is 0.220. The Labute approximate surface area is 165 Å². The fourth-order valence-electron chi connectivity index (χ4n) is 3.38. The first-order chi connectivity index (χ1) is 12.7. The highest BCUT2D eigenvalue weighted by atomic mass is 35.5. The summed E-state index contributed by atoms with van der Waals surface area (Å²) in [6.45, 7) is 4.42. The molecular formula is C23H25ClOS. The molecule has 0 bridgehead atoms. The molecule has 1 atom stereocenters. The van der Waals surface area contributed by atoms with Crippen LogP contribution in [0, 0.1) is 0 Å². The summed E-state index contributed by atoms with van der Waals surface area (Å²) in [6, 6.07) is 18.0. The molecule has 2 aromatic carbocycles. The van der Waals surface area contributed by atoms with Crippen molar-refractivity contribution in [2.75, 3.05) is 0 Å². The molecule has 3 heteroatoms. The van der Waals surface area contributed by atoms with Crippen LogP contribution in [-0.2, 0) is 12.8 Å². The number of hydrogen-bond donors (Lipinski definition) is 1. The van der Waals surface area contributed by atoms with Gasteiger partial charge in [-0.25, -0.2) is 0 Å². The maximum atomic E-state index is 11.3. The first-order valence-corrected chi connectivity index (χ1v) is 10.5. The van der Waals surface area contributed by atoms with Gasteiger partial charge in [-0.05, 0) is 41.7 Å². The molecule has 1 unspecified atom stereocenters. The van der Waals surface area contributed by atoms with Gasteiger partial charge in [-0.3, -0.25) is 0 Å². The number of aliphatic hydroxyl groups excluding tert-OH is 1. The molecule has 0 amide bonds. The minimum Gasteiger partial charge on any atom is -0.384 e. The van der Waals surface area contributed by atoms with Crippen LogP contribution in [0.1, 0.15) is 54.4 Å². The molecule has 0 aliphatic rings. The molecule has 3 rings (SSSR count). The zero-order valence-corrected chi connectivity index (χ0v) is 16.9. The first-order valence-electron chi connectivity index (χ1n) is 9.29. The molecule has 0 aliphatic carbocycles. The van der Waals surface area contributed by atoms with E-state index in [1.807, 2.05) is 41.7 Å². The minimum atomic E-state index is -0.633. The third-order valence-corrected chi connectivity index (χ3v) is 6.21. The Kier molecular flexibility index (Phi) is 6.53. The quantitative estimate of drug-likeness (QED) is 0.462. The van der Waals surface area contributed by atoms with Gasteiger partial charge in [0, 0.05) is 20.3 Å². The average molecular weight is 385 g/mol. The van der Waals surface area contributed by atoms with Gasteiger partial charge >= 0.3 is 0 Å². The lowest BCUT2D eigenvalue weighted by Crippen LogP contribution is -2.04. The fraction of sp³-hybridized carbons (Fsp3) is 0.304. The number of thiophene rings is 1. The number of halogens is 1. The number of aliphatic hydroxyl groups is 1. The smallest absolute Gasteiger partial charge is 0.106 e. The van der Waals surface area contributed by atoms with Crippen LogP contribution in [0.3, 0.4) is 0 Å². The lowest BCUT2D eigenvalue weighted by atomic mass is 9.92. The number of benzene rings is 2. The third-order valence-electron chi connectivity index (χ3n) is 4.60. The molecular weight excluding hydrogens is 360 g/mol. The van der Waals surface area contributed by atoms with Gasteiger partial charge in [0.25, 0.3) is 0 Å². The van der Waals surface area contributed by atoms with E-state index in [1.165, 1.54) is 20.9 Å². The highest BCUT2D eigenvalue weighted by Gasteiger charge is 2.24. The van der Waals surface area contributed by atoms with Crippen molar-refractivity contribution in [3.05, 3.63) is 81.2 Å². The zero-order chi connectivity index (χ0) is 18.5. The summed E-state index contributed by atoms with van der Waals surface area (Å²) in [5.74, 6) is 0. The molecule has 3 aromatic rings. The normalized spacial score (nSPS) is 12.3. The van der Waals surface area contributed by atoms with E-state index >= 15 is 0 Å². The van der Waals surface area contributed by atoms with Crippen LogP contribution in [0.25, 0.3) is 10.4 Å². The summed E-state index contributed by atoms with van der Waals surface area (Å²) in [4.78, 5) is 2.61. The van der Waals surface area contributed by atoms with Crippen molar-refractivity contribution in [2.45, 2.75) is 45.6 Å². The summed E-state index contributed by atoms with van der Waals surface area (Å²) in [5.41, 5.74) is 4.49. The predicted molar refractivity (Wildman–Crippen MR) is 113 cm³/mol. The van der Waals surface area contributed by atoms with Crippen LogP contribution < -0.4 is 0 Å². The molecule has 0 saturated heterocycles. The second-order valence-electron chi connectivity index (χ2n) is 6.57. The van der Waals surface area contributed by atoms with Gasteiger partial charge in [-0.2, -0.15) is 0 Å². The highest BCUT2D eigenvalue weighted by Crippen LogP contribution is 2.43. The van der Waals surface area contributed by atoms with Gasteiger partial charge in [0.15, 0.2) is 0 Å². The van der Waals surface area contributed by atoms with Gasteiger partial charge < -0.3 is 5.11 Å². The topological polar surface area (TPSA) is 20.2 Å². The van der Waals surface area contributed by atoms with Gasteiger partial charge in [0.1, 0.15) is 6.10 Å². The summed E-state index contributed by atoms with van der Waals surface area (Å²) in [5, 5.41) is 12.0. The van der Waals surface area contributed by atoms with E-state index in [1.54, 1.807) is 0 Å². The van der Waals surface area contributed by atoms with Crippen molar-refractivity contribution in [2.24, 2.45) is 0 Å². The summed E-state index contributed by atoms with van der Waals surface area (Å²) >= 11 is 7.88. The van der Waals surface area contributed by atoms with Crippen LogP contribution in [0.5, 0.6) is 0 Å². The molecule has 26 heavy (non-hydrogen) atoms. The van der Waals surface area contributed by atoms with E-state index in [4.69, 9.17) is 11.6 Å². The van der Waals surface area contributed by atoms with Crippen molar-refractivity contribution in [1.82, 2.24) is 0 Å². The summed E-state index contributed by atoms with van der Waals surface area (Å²) < 4.78 is 0. The highest BCUT2D eigenvalue weighted by molar-refractivity contribution is 7.16.